The molecule has 0 amide bonds. The minimum Gasteiger partial charge on any atom is -0.453 e. The molecule has 1 aliphatic heterocycles. The van der Waals surface area contributed by atoms with E-state index in [0.717, 1.165) is 31.3 Å². The van der Waals surface area contributed by atoms with E-state index in [4.69, 9.17) is 4.74 Å². The van der Waals surface area contributed by atoms with E-state index < -0.39 is 41.2 Å². The van der Waals surface area contributed by atoms with Crippen molar-refractivity contribution in [3.05, 3.63) is 48.3 Å². The first-order valence-electron chi connectivity index (χ1n) is 15.7. The Hall–Kier alpha value is -2.16. The van der Waals surface area contributed by atoms with Gasteiger partial charge in [0.05, 0.1) is 12.0 Å². The minimum atomic E-state index is -3.63. The first kappa shape index (κ1) is 32.7. The lowest BCUT2D eigenvalue weighted by Gasteiger charge is -2.38. The monoisotopic (exact) mass is 602 g/mol. The van der Waals surface area contributed by atoms with E-state index in [2.05, 4.69) is 28.5 Å². The van der Waals surface area contributed by atoms with Crippen molar-refractivity contribution in [1.29, 1.82) is 0 Å². The van der Waals surface area contributed by atoms with Crippen molar-refractivity contribution in [3.63, 3.8) is 0 Å². The zero-order chi connectivity index (χ0) is 30.1. The SMILES string of the molecule is CCCC1CCC(C2CCC(CC/C=C/C3CCC(C(F)(F)Oc4cc(F)c(OC=C(F)F)c(F)c4)CC3)CC2)OC1. The van der Waals surface area contributed by atoms with Gasteiger partial charge in [-0.2, -0.15) is 17.6 Å². The van der Waals surface area contributed by atoms with Gasteiger partial charge in [0.25, 0.3) is 0 Å². The molecule has 3 nitrogen and oxygen atoms in total. The second-order valence-electron chi connectivity index (χ2n) is 12.4. The van der Waals surface area contributed by atoms with Crippen molar-refractivity contribution in [1.82, 2.24) is 0 Å². The molecule has 2 atom stereocenters. The van der Waals surface area contributed by atoms with Crippen LogP contribution in [0.5, 0.6) is 11.5 Å². The van der Waals surface area contributed by atoms with Crippen LogP contribution in [-0.4, -0.2) is 18.8 Å². The van der Waals surface area contributed by atoms with Crippen LogP contribution >= 0.6 is 0 Å². The molecule has 3 fully saturated rings. The summed E-state index contributed by atoms with van der Waals surface area (Å²) in [7, 11) is 0. The largest absolute Gasteiger partial charge is 0.453 e. The molecule has 0 aromatic heterocycles. The summed E-state index contributed by atoms with van der Waals surface area (Å²) in [5.74, 6) is -3.35. The summed E-state index contributed by atoms with van der Waals surface area (Å²) in [6.07, 6.45) is 12.6. The molecule has 1 heterocycles. The van der Waals surface area contributed by atoms with E-state index in [9.17, 15) is 26.3 Å². The van der Waals surface area contributed by atoms with Crippen LogP contribution in [0.25, 0.3) is 0 Å². The number of ether oxygens (including phenoxy) is 3. The van der Waals surface area contributed by atoms with Crippen molar-refractivity contribution < 1.29 is 40.6 Å². The second-order valence-corrected chi connectivity index (χ2v) is 12.4. The highest BCUT2D eigenvalue weighted by atomic mass is 19.3. The highest BCUT2D eigenvalue weighted by molar-refractivity contribution is 5.35. The topological polar surface area (TPSA) is 27.7 Å². The van der Waals surface area contributed by atoms with E-state index in [-0.39, 0.29) is 25.0 Å². The van der Waals surface area contributed by atoms with Gasteiger partial charge in [0.1, 0.15) is 5.75 Å². The maximum Gasteiger partial charge on any atom is 0.400 e. The Labute approximate surface area is 245 Å². The van der Waals surface area contributed by atoms with Crippen LogP contribution < -0.4 is 9.47 Å². The van der Waals surface area contributed by atoms with Gasteiger partial charge in [-0.25, -0.2) is 8.78 Å². The average molecular weight is 603 g/mol. The summed E-state index contributed by atoms with van der Waals surface area (Å²) in [5, 5.41) is 0. The Balaban J connectivity index is 1.14. The summed E-state index contributed by atoms with van der Waals surface area (Å²) in [6.45, 7) is 3.18. The number of alkyl halides is 2. The van der Waals surface area contributed by atoms with Crippen LogP contribution in [0.15, 0.2) is 36.6 Å². The molecule has 2 unspecified atom stereocenters. The first-order chi connectivity index (χ1) is 20.1. The van der Waals surface area contributed by atoms with Crippen molar-refractivity contribution in [2.24, 2.45) is 29.6 Å². The second kappa shape index (κ2) is 15.5. The van der Waals surface area contributed by atoms with Gasteiger partial charge in [-0.3, -0.25) is 0 Å². The molecule has 1 aromatic rings. The van der Waals surface area contributed by atoms with Crippen molar-refractivity contribution in [3.8, 4) is 11.5 Å². The minimum absolute atomic E-state index is 0.135. The van der Waals surface area contributed by atoms with E-state index >= 15 is 0 Å². The lowest BCUT2D eigenvalue weighted by Crippen LogP contribution is -2.37. The smallest absolute Gasteiger partial charge is 0.400 e. The molecule has 0 spiro atoms. The first-order valence-corrected chi connectivity index (χ1v) is 15.7. The fraction of sp³-hybridized carbons (Fsp3) is 0.697. The molecule has 1 aromatic carbocycles. The van der Waals surface area contributed by atoms with Crippen LogP contribution in [0, 0.1) is 41.2 Å². The lowest BCUT2D eigenvalue weighted by molar-refractivity contribution is -0.223. The van der Waals surface area contributed by atoms with Gasteiger partial charge in [-0.1, -0.05) is 38.3 Å². The standard InChI is InChI=1S/C33H44F6O3/c1-2-5-24-12-17-30(40-20-24)25-13-8-22(9-14-25)6-3-4-7-23-10-15-26(16-11-23)33(38,39)42-27-18-28(34)32(29(35)19-27)41-21-31(36)37/h4,7,18-19,21-26,30H,2-3,5-6,8-17,20H2,1H3/b7-4+. The molecule has 0 radical (unpaired) electrons. The number of rotatable bonds is 12. The molecule has 0 N–H and O–H groups in total. The fourth-order valence-corrected chi connectivity index (χ4v) is 7.00. The molecule has 42 heavy (non-hydrogen) atoms. The van der Waals surface area contributed by atoms with Gasteiger partial charge < -0.3 is 14.2 Å². The molecule has 2 aliphatic carbocycles. The van der Waals surface area contributed by atoms with Gasteiger partial charge >= 0.3 is 12.2 Å². The molecular formula is C33H44F6O3. The van der Waals surface area contributed by atoms with Crippen LogP contribution in [0.1, 0.15) is 96.8 Å². The summed E-state index contributed by atoms with van der Waals surface area (Å²) in [5.41, 5.74) is 0. The number of halogens is 6. The predicted molar refractivity (Wildman–Crippen MR) is 150 cm³/mol. The zero-order valence-electron chi connectivity index (χ0n) is 24.4. The third-order valence-corrected chi connectivity index (χ3v) is 9.41. The quantitative estimate of drug-likeness (QED) is 0.135. The van der Waals surface area contributed by atoms with Crippen LogP contribution in [0.3, 0.4) is 0 Å². The highest BCUT2D eigenvalue weighted by Gasteiger charge is 2.44. The molecule has 4 rings (SSSR count). The van der Waals surface area contributed by atoms with Crippen LogP contribution in [0.4, 0.5) is 26.3 Å². The summed E-state index contributed by atoms with van der Waals surface area (Å²) < 4.78 is 97.2. The molecule has 3 aliphatic rings. The van der Waals surface area contributed by atoms with Gasteiger partial charge in [0, 0.05) is 18.7 Å². The van der Waals surface area contributed by atoms with Gasteiger partial charge in [0.2, 0.25) is 0 Å². The van der Waals surface area contributed by atoms with Gasteiger partial charge in [-0.05, 0) is 94.3 Å². The molecular weight excluding hydrogens is 558 g/mol. The van der Waals surface area contributed by atoms with Crippen LogP contribution in [-0.2, 0) is 4.74 Å². The van der Waals surface area contributed by atoms with E-state index in [1.54, 1.807) is 0 Å². The number of hydrogen-bond donors (Lipinski definition) is 0. The van der Waals surface area contributed by atoms with Crippen molar-refractivity contribution >= 4 is 0 Å². The van der Waals surface area contributed by atoms with Crippen molar-refractivity contribution in [2.45, 2.75) is 109 Å². The fourth-order valence-electron chi connectivity index (χ4n) is 7.00. The molecule has 1 saturated heterocycles. The van der Waals surface area contributed by atoms with Crippen LogP contribution in [0.2, 0.25) is 0 Å². The Bertz CT molecular complexity index is 1010. The van der Waals surface area contributed by atoms with E-state index in [1.165, 1.54) is 51.4 Å². The summed E-state index contributed by atoms with van der Waals surface area (Å²) in [6, 6.07) is 1.01. The molecule has 2 saturated carbocycles. The van der Waals surface area contributed by atoms with Gasteiger partial charge in [-0.15, -0.1) is 0 Å². The summed E-state index contributed by atoms with van der Waals surface area (Å²) >= 11 is 0. The normalized spacial score (nSPS) is 28.9. The number of hydrogen-bond acceptors (Lipinski definition) is 3. The Morgan fingerprint density at radius 3 is 2.17 bits per heavy atom. The number of allylic oxidation sites excluding steroid dienone is 2. The molecule has 0 bridgehead atoms. The summed E-state index contributed by atoms with van der Waals surface area (Å²) in [4.78, 5) is 0. The Kier molecular flexibility index (Phi) is 12.1. The average Bonchev–Trinajstić information content (AvgIpc) is 2.96. The number of benzene rings is 1. The zero-order valence-corrected chi connectivity index (χ0v) is 24.4. The highest BCUT2D eigenvalue weighted by Crippen LogP contribution is 2.42. The third-order valence-electron chi connectivity index (χ3n) is 9.41. The predicted octanol–water partition coefficient (Wildman–Crippen LogP) is 10.6. The Morgan fingerprint density at radius 1 is 0.905 bits per heavy atom. The Morgan fingerprint density at radius 2 is 1.57 bits per heavy atom. The molecule has 236 valence electrons. The molecule has 9 heteroatoms. The third kappa shape index (κ3) is 9.42. The maximum absolute atomic E-state index is 14.8. The van der Waals surface area contributed by atoms with E-state index in [0.29, 0.717) is 37.0 Å². The maximum atomic E-state index is 14.8. The lowest BCUT2D eigenvalue weighted by atomic mass is 9.75. The van der Waals surface area contributed by atoms with E-state index in [1.807, 2.05) is 0 Å². The van der Waals surface area contributed by atoms with Gasteiger partial charge in [0.15, 0.2) is 23.6 Å². The van der Waals surface area contributed by atoms with Crippen molar-refractivity contribution in [2.75, 3.05) is 6.61 Å².